The molecule has 0 aliphatic rings. The highest BCUT2D eigenvalue weighted by atomic mass is 16.5. The van der Waals surface area contributed by atoms with Crippen molar-refractivity contribution in [3.63, 3.8) is 0 Å². The largest absolute Gasteiger partial charge is 0.493 e. The molecule has 0 spiro atoms. The molecule has 0 radical (unpaired) electrons. The summed E-state index contributed by atoms with van der Waals surface area (Å²) in [6.07, 6.45) is 0. The Hall–Kier alpha value is -3.09. The van der Waals surface area contributed by atoms with Crippen LogP contribution in [-0.2, 0) is 13.1 Å². The molecule has 0 aromatic heterocycles. The Bertz CT molecular complexity index is 796. The van der Waals surface area contributed by atoms with Crippen LogP contribution in [0.4, 0.5) is 5.69 Å². The third-order valence-electron chi connectivity index (χ3n) is 4.38. The van der Waals surface area contributed by atoms with Crippen molar-refractivity contribution in [3.05, 3.63) is 47.5 Å². The molecule has 29 heavy (non-hydrogen) atoms. The first-order chi connectivity index (χ1) is 14.0. The molecule has 0 fully saturated rings. The van der Waals surface area contributed by atoms with Gasteiger partial charge in [0.05, 0.1) is 27.9 Å². The van der Waals surface area contributed by atoms with E-state index >= 15 is 0 Å². The molecule has 7 heteroatoms. The Morgan fingerprint density at radius 2 is 1.62 bits per heavy atom. The molecule has 2 aromatic rings. The molecule has 0 unspecified atom stereocenters. The van der Waals surface area contributed by atoms with Gasteiger partial charge in [-0.3, -0.25) is 0 Å². The summed E-state index contributed by atoms with van der Waals surface area (Å²) in [7, 11) is 8.89. The van der Waals surface area contributed by atoms with Gasteiger partial charge in [-0.1, -0.05) is 12.1 Å². The topological polar surface area (TPSA) is 67.4 Å². The number of rotatable bonds is 9. The maximum atomic E-state index is 5.42. The summed E-state index contributed by atoms with van der Waals surface area (Å²) in [4.78, 5) is 6.79. The van der Waals surface area contributed by atoms with E-state index in [1.54, 1.807) is 21.3 Å². The second kappa shape index (κ2) is 11.0. The molecule has 0 bridgehead atoms. The minimum absolute atomic E-state index is 0.476. The van der Waals surface area contributed by atoms with E-state index in [1.807, 2.05) is 33.2 Å². The van der Waals surface area contributed by atoms with Gasteiger partial charge >= 0.3 is 0 Å². The molecule has 0 aliphatic carbocycles. The van der Waals surface area contributed by atoms with Crippen molar-refractivity contribution in [2.75, 3.05) is 46.9 Å². The zero-order chi connectivity index (χ0) is 21.2. The van der Waals surface area contributed by atoms with Gasteiger partial charge in [0, 0.05) is 32.9 Å². The monoisotopic (exact) mass is 400 g/mol. The van der Waals surface area contributed by atoms with E-state index in [-0.39, 0.29) is 0 Å². The first kappa shape index (κ1) is 22.2. The fraction of sp³-hybridized carbons (Fsp3) is 0.409. The lowest BCUT2D eigenvalue weighted by atomic mass is 10.2. The van der Waals surface area contributed by atoms with E-state index < -0.39 is 0 Å². The van der Waals surface area contributed by atoms with Gasteiger partial charge in [0.25, 0.3) is 0 Å². The Labute approximate surface area is 173 Å². The van der Waals surface area contributed by atoms with E-state index in [1.165, 1.54) is 11.3 Å². The third kappa shape index (κ3) is 6.20. The van der Waals surface area contributed by atoms with Gasteiger partial charge in [0.15, 0.2) is 17.5 Å². The number of methoxy groups -OCH3 is 3. The zero-order valence-corrected chi connectivity index (χ0v) is 18.2. The summed E-state index contributed by atoms with van der Waals surface area (Å²) < 4.78 is 16.2. The molecule has 2 N–H and O–H groups in total. The smallest absolute Gasteiger partial charge is 0.203 e. The van der Waals surface area contributed by atoms with Gasteiger partial charge < -0.3 is 29.7 Å². The van der Waals surface area contributed by atoms with Gasteiger partial charge in [-0.25, -0.2) is 4.99 Å². The van der Waals surface area contributed by atoms with Crippen LogP contribution in [0, 0.1) is 0 Å². The predicted octanol–water partition coefficient (Wildman–Crippen LogP) is 3.03. The maximum absolute atomic E-state index is 5.42. The number of ether oxygens (including phenoxy) is 3. The summed E-state index contributed by atoms with van der Waals surface area (Å²) in [6, 6.07) is 12.2. The number of hydrogen-bond acceptors (Lipinski definition) is 5. The van der Waals surface area contributed by atoms with Gasteiger partial charge in [-0.15, -0.1) is 0 Å². The fourth-order valence-electron chi connectivity index (χ4n) is 2.87. The van der Waals surface area contributed by atoms with Crippen molar-refractivity contribution in [3.8, 4) is 17.2 Å². The molecular weight excluding hydrogens is 368 g/mol. The van der Waals surface area contributed by atoms with Crippen molar-refractivity contribution < 1.29 is 14.2 Å². The van der Waals surface area contributed by atoms with E-state index in [0.717, 1.165) is 18.1 Å². The molecule has 0 saturated carbocycles. The standard InChI is InChI=1S/C22H32N4O3/c1-7-23-22(24-14-16-9-8-10-18(11-16)26(2)3)25-15-17-12-19(27-4)21(29-6)20(13-17)28-5/h8-13H,7,14-15H2,1-6H3,(H2,23,24,25). The lowest BCUT2D eigenvalue weighted by Gasteiger charge is -2.16. The Morgan fingerprint density at radius 1 is 0.931 bits per heavy atom. The molecule has 158 valence electrons. The average molecular weight is 401 g/mol. The minimum atomic E-state index is 0.476. The van der Waals surface area contributed by atoms with Crippen LogP contribution in [0.5, 0.6) is 17.2 Å². The molecule has 0 atom stereocenters. The van der Waals surface area contributed by atoms with Crippen LogP contribution < -0.4 is 29.7 Å². The maximum Gasteiger partial charge on any atom is 0.203 e. The zero-order valence-electron chi connectivity index (χ0n) is 18.2. The number of aliphatic imine (C=N–C) groups is 1. The first-order valence-electron chi connectivity index (χ1n) is 9.59. The van der Waals surface area contributed by atoms with Crippen LogP contribution in [-0.4, -0.2) is 47.9 Å². The second-order valence-corrected chi connectivity index (χ2v) is 6.65. The summed E-state index contributed by atoms with van der Waals surface area (Å²) in [6.45, 7) is 3.98. The lowest BCUT2D eigenvalue weighted by molar-refractivity contribution is 0.324. The quantitative estimate of drug-likeness (QED) is 0.498. The van der Waals surface area contributed by atoms with Crippen LogP contribution in [0.1, 0.15) is 18.1 Å². The number of anilines is 1. The normalized spacial score (nSPS) is 11.0. The third-order valence-corrected chi connectivity index (χ3v) is 4.38. The number of guanidine groups is 1. The van der Waals surface area contributed by atoms with Crippen LogP contribution in [0.25, 0.3) is 0 Å². The van der Waals surface area contributed by atoms with Crippen molar-refractivity contribution in [1.82, 2.24) is 10.6 Å². The Balaban J connectivity index is 2.13. The molecule has 7 nitrogen and oxygen atoms in total. The van der Waals surface area contributed by atoms with Gasteiger partial charge in [0.1, 0.15) is 0 Å². The molecule has 2 aromatic carbocycles. The van der Waals surface area contributed by atoms with Crippen molar-refractivity contribution in [2.45, 2.75) is 20.0 Å². The van der Waals surface area contributed by atoms with E-state index in [4.69, 9.17) is 19.2 Å². The fourth-order valence-corrected chi connectivity index (χ4v) is 2.87. The summed E-state index contributed by atoms with van der Waals surface area (Å²) >= 11 is 0. The number of nitrogens with one attached hydrogen (secondary N) is 2. The van der Waals surface area contributed by atoms with Crippen LogP contribution in [0.2, 0.25) is 0 Å². The first-order valence-corrected chi connectivity index (χ1v) is 9.59. The van der Waals surface area contributed by atoms with E-state index in [9.17, 15) is 0 Å². The van der Waals surface area contributed by atoms with Crippen LogP contribution in [0.3, 0.4) is 0 Å². The predicted molar refractivity (Wildman–Crippen MR) is 119 cm³/mol. The Morgan fingerprint density at radius 3 is 2.17 bits per heavy atom. The highest BCUT2D eigenvalue weighted by Gasteiger charge is 2.13. The van der Waals surface area contributed by atoms with Gasteiger partial charge in [0.2, 0.25) is 5.75 Å². The van der Waals surface area contributed by atoms with Gasteiger partial charge in [-0.2, -0.15) is 0 Å². The van der Waals surface area contributed by atoms with Crippen LogP contribution >= 0.6 is 0 Å². The molecule has 0 aliphatic heterocycles. The average Bonchev–Trinajstić information content (AvgIpc) is 2.74. The summed E-state index contributed by atoms with van der Waals surface area (Å²) in [5, 5.41) is 6.67. The molecular formula is C22H32N4O3. The molecule has 2 rings (SSSR count). The highest BCUT2D eigenvalue weighted by molar-refractivity contribution is 5.79. The lowest BCUT2D eigenvalue weighted by Crippen LogP contribution is -2.36. The molecule has 0 saturated heterocycles. The summed E-state index contributed by atoms with van der Waals surface area (Å²) in [5.41, 5.74) is 3.32. The molecule has 0 amide bonds. The van der Waals surface area contributed by atoms with Crippen LogP contribution in [0.15, 0.2) is 41.4 Å². The van der Waals surface area contributed by atoms with Crippen molar-refractivity contribution in [1.29, 1.82) is 0 Å². The Kier molecular flexibility index (Phi) is 8.45. The SMILES string of the molecule is CCNC(=NCc1cc(OC)c(OC)c(OC)c1)NCc1cccc(N(C)C)c1. The van der Waals surface area contributed by atoms with E-state index in [2.05, 4.69) is 39.8 Å². The summed E-state index contributed by atoms with van der Waals surface area (Å²) in [5.74, 6) is 2.57. The van der Waals surface area contributed by atoms with Gasteiger partial charge in [-0.05, 0) is 42.3 Å². The van der Waals surface area contributed by atoms with Crippen molar-refractivity contribution >= 4 is 11.6 Å². The van der Waals surface area contributed by atoms with E-state index in [0.29, 0.717) is 30.3 Å². The van der Waals surface area contributed by atoms with Crippen molar-refractivity contribution in [2.24, 2.45) is 4.99 Å². The number of nitrogens with zero attached hydrogens (tertiary/aromatic N) is 2. The second-order valence-electron chi connectivity index (χ2n) is 6.65. The minimum Gasteiger partial charge on any atom is -0.493 e. The highest BCUT2D eigenvalue weighted by Crippen LogP contribution is 2.38. The number of hydrogen-bond donors (Lipinski definition) is 2. The number of benzene rings is 2. The molecule has 0 heterocycles.